The summed E-state index contributed by atoms with van der Waals surface area (Å²) in [4.78, 5) is 0.334. The molecule has 0 aliphatic carbocycles. The first-order valence-electron chi connectivity index (χ1n) is 4.62. The predicted molar refractivity (Wildman–Crippen MR) is 62.8 cm³/mol. The summed E-state index contributed by atoms with van der Waals surface area (Å²) in [7, 11) is 0. The molecule has 0 saturated carbocycles. The maximum atomic E-state index is 13.8. The fourth-order valence-corrected chi connectivity index (χ4v) is 2.40. The van der Waals surface area contributed by atoms with E-state index < -0.39 is 23.3 Å². The summed E-state index contributed by atoms with van der Waals surface area (Å²) < 4.78 is 31.0. The van der Waals surface area contributed by atoms with Gasteiger partial charge in [-0.15, -0.1) is 5.10 Å². The van der Waals surface area contributed by atoms with Crippen LogP contribution in [0.2, 0.25) is 0 Å². The molecular formula is C10H7BrF2N2OS. The molecule has 1 aromatic heterocycles. The Bertz CT molecular complexity index is 561. The van der Waals surface area contributed by atoms with Crippen molar-refractivity contribution >= 4 is 27.5 Å². The van der Waals surface area contributed by atoms with Gasteiger partial charge in [0.05, 0.1) is 20.6 Å². The summed E-state index contributed by atoms with van der Waals surface area (Å²) in [5.41, 5.74) is 0.0646. The van der Waals surface area contributed by atoms with Gasteiger partial charge in [-0.3, -0.25) is 0 Å². The van der Waals surface area contributed by atoms with Crippen LogP contribution in [0.5, 0.6) is 0 Å². The van der Waals surface area contributed by atoms with Gasteiger partial charge in [-0.1, -0.05) is 4.49 Å². The molecular weight excluding hydrogens is 314 g/mol. The number of halogens is 3. The van der Waals surface area contributed by atoms with Gasteiger partial charge in [0.2, 0.25) is 0 Å². The van der Waals surface area contributed by atoms with E-state index in [1.54, 1.807) is 6.92 Å². The zero-order valence-corrected chi connectivity index (χ0v) is 11.0. The molecule has 1 unspecified atom stereocenters. The lowest BCUT2D eigenvalue weighted by atomic mass is 10.1. The van der Waals surface area contributed by atoms with E-state index in [0.29, 0.717) is 10.6 Å². The number of hydrogen-bond acceptors (Lipinski definition) is 4. The Balaban J connectivity index is 2.55. The Labute approximate surface area is 108 Å². The Morgan fingerprint density at radius 2 is 2.12 bits per heavy atom. The molecule has 1 aromatic carbocycles. The van der Waals surface area contributed by atoms with Crippen molar-refractivity contribution in [1.82, 2.24) is 9.59 Å². The van der Waals surface area contributed by atoms with E-state index in [0.717, 1.165) is 17.6 Å². The second-order valence-corrected chi connectivity index (χ2v) is 5.02. The first-order chi connectivity index (χ1) is 8.02. The van der Waals surface area contributed by atoms with Gasteiger partial charge in [0.1, 0.15) is 17.7 Å². The monoisotopic (exact) mass is 320 g/mol. The van der Waals surface area contributed by atoms with Gasteiger partial charge in [0.25, 0.3) is 0 Å². The first-order valence-corrected chi connectivity index (χ1v) is 6.19. The lowest BCUT2D eigenvalue weighted by Crippen LogP contribution is -2.06. The van der Waals surface area contributed by atoms with Crippen molar-refractivity contribution in [2.24, 2.45) is 0 Å². The number of aliphatic hydroxyl groups excluding tert-OH is 1. The van der Waals surface area contributed by atoms with E-state index in [9.17, 15) is 13.9 Å². The van der Waals surface area contributed by atoms with Crippen molar-refractivity contribution in [1.29, 1.82) is 0 Å². The molecule has 0 aliphatic rings. The largest absolute Gasteiger partial charge is 0.382 e. The van der Waals surface area contributed by atoms with Gasteiger partial charge in [-0.2, -0.15) is 0 Å². The van der Waals surface area contributed by atoms with E-state index in [-0.39, 0.29) is 4.47 Å². The van der Waals surface area contributed by atoms with Gasteiger partial charge in [-0.05, 0) is 46.5 Å². The average molecular weight is 321 g/mol. The van der Waals surface area contributed by atoms with Crippen LogP contribution in [0.3, 0.4) is 0 Å². The third-order valence-corrected chi connectivity index (χ3v) is 3.78. The molecule has 0 bridgehead atoms. The second-order valence-electron chi connectivity index (χ2n) is 3.38. The molecule has 3 nitrogen and oxygen atoms in total. The maximum absolute atomic E-state index is 13.8. The van der Waals surface area contributed by atoms with Crippen LogP contribution in [0.25, 0.3) is 0 Å². The molecule has 0 aliphatic heterocycles. The molecule has 1 N–H and O–H groups in total. The van der Waals surface area contributed by atoms with Gasteiger partial charge in [0, 0.05) is 0 Å². The molecule has 0 fully saturated rings. The molecule has 17 heavy (non-hydrogen) atoms. The van der Waals surface area contributed by atoms with Crippen LogP contribution in [-0.2, 0) is 0 Å². The van der Waals surface area contributed by atoms with E-state index >= 15 is 0 Å². The smallest absolute Gasteiger partial charge is 0.146 e. The summed E-state index contributed by atoms with van der Waals surface area (Å²) >= 11 is 3.87. The van der Waals surface area contributed by atoms with Crippen LogP contribution in [0, 0.1) is 18.6 Å². The highest BCUT2D eigenvalue weighted by Gasteiger charge is 2.24. The summed E-state index contributed by atoms with van der Waals surface area (Å²) in [6, 6.07) is 2.34. The van der Waals surface area contributed by atoms with Gasteiger partial charge in [0.15, 0.2) is 0 Å². The number of hydrogen-bond donors (Lipinski definition) is 1. The van der Waals surface area contributed by atoms with Crippen molar-refractivity contribution in [3.8, 4) is 0 Å². The van der Waals surface area contributed by atoms with E-state index in [1.807, 2.05) is 0 Å². The van der Waals surface area contributed by atoms with Crippen LogP contribution in [-0.4, -0.2) is 14.7 Å². The summed E-state index contributed by atoms with van der Waals surface area (Å²) in [6.07, 6.45) is -1.40. The fourth-order valence-electron chi connectivity index (χ4n) is 1.41. The SMILES string of the molecule is Cc1nnsc1C(O)c1c(F)ccc(Br)c1F. The molecule has 0 radical (unpaired) electrons. The van der Waals surface area contributed by atoms with Crippen molar-refractivity contribution in [3.05, 3.63) is 44.4 Å². The van der Waals surface area contributed by atoms with E-state index in [2.05, 4.69) is 25.5 Å². The fraction of sp³-hybridized carbons (Fsp3) is 0.200. The minimum atomic E-state index is -1.40. The quantitative estimate of drug-likeness (QED) is 0.865. The van der Waals surface area contributed by atoms with Crippen LogP contribution < -0.4 is 0 Å². The number of benzene rings is 1. The molecule has 1 atom stereocenters. The molecule has 2 rings (SSSR count). The summed E-state index contributed by atoms with van der Waals surface area (Å²) in [5, 5.41) is 13.7. The van der Waals surface area contributed by atoms with E-state index in [1.165, 1.54) is 6.07 Å². The lowest BCUT2D eigenvalue weighted by Gasteiger charge is -2.12. The standard InChI is InChI=1S/C10H7BrF2N2OS/c1-4-10(17-15-14-4)9(16)7-6(12)3-2-5(11)8(7)13/h2-3,9,16H,1H3. The van der Waals surface area contributed by atoms with Crippen LogP contribution in [0.15, 0.2) is 16.6 Å². The molecule has 0 saturated heterocycles. The van der Waals surface area contributed by atoms with Crippen molar-refractivity contribution < 1.29 is 13.9 Å². The van der Waals surface area contributed by atoms with Gasteiger partial charge < -0.3 is 5.11 Å². The average Bonchev–Trinajstić information content (AvgIpc) is 2.70. The molecule has 7 heteroatoms. The zero-order valence-electron chi connectivity index (χ0n) is 8.62. The van der Waals surface area contributed by atoms with Crippen molar-refractivity contribution in [2.75, 3.05) is 0 Å². The summed E-state index contributed by atoms with van der Waals surface area (Å²) in [5.74, 6) is -1.61. The predicted octanol–water partition coefficient (Wildman–Crippen LogP) is 2.97. The van der Waals surface area contributed by atoms with Crippen LogP contribution >= 0.6 is 27.5 Å². The number of aryl methyl sites for hydroxylation is 1. The van der Waals surface area contributed by atoms with Crippen molar-refractivity contribution in [2.45, 2.75) is 13.0 Å². The third-order valence-electron chi connectivity index (χ3n) is 2.29. The molecule has 1 heterocycles. The Kier molecular flexibility index (Phi) is 3.50. The molecule has 0 amide bonds. The van der Waals surface area contributed by atoms with Gasteiger partial charge in [-0.25, -0.2) is 8.78 Å². The van der Waals surface area contributed by atoms with Crippen LogP contribution in [0.4, 0.5) is 8.78 Å². The van der Waals surface area contributed by atoms with E-state index in [4.69, 9.17) is 0 Å². The molecule has 90 valence electrons. The number of aromatic nitrogens is 2. The normalized spacial score (nSPS) is 12.8. The number of aliphatic hydroxyl groups is 1. The highest BCUT2D eigenvalue weighted by molar-refractivity contribution is 9.10. The lowest BCUT2D eigenvalue weighted by molar-refractivity contribution is 0.211. The minimum absolute atomic E-state index is 0.100. The number of nitrogens with zero attached hydrogens (tertiary/aromatic N) is 2. The molecule has 0 spiro atoms. The minimum Gasteiger partial charge on any atom is -0.382 e. The van der Waals surface area contributed by atoms with Gasteiger partial charge >= 0.3 is 0 Å². The summed E-state index contributed by atoms with van der Waals surface area (Å²) in [6.45, 7) is 1.62. The Hall–Kier alpha value is -0.920. The van der Waals surface area contributed by atoms with Crippen LogP contribution in [0.1, 0.15) is 22.2 Å². The zero-order chi connectivity index (χ0) is 12.6. The first kappa shape index (κ1) is 12.5. The maximum Gasteiger partial charge on any atom is 0.146 e. The highest BCUT2D eigenvalue weighted by Crippen LogP contribution is 2.32. The third kappa shape index (κ3) is 2.22. The Morgan fingerprint density at radius 1 is 1.41 bits per heavy atom. The second kappa shape index (κ2) is 4.75. The molecule has 2 aromatic rings. The van der Waals surface area contributed by atoms with Crippen molar-refractivity contribution in [3.63, 3.8) is 0 Å². The highest BCUT2D eigenvalue weighted by atomic mass is 79.9. The number of rotatable bonds is 2. The Morgan fingerprint density at radius 3 is 2.71 bits per heavy atom. The topological polar surface area (TPSA) is 46.0 Å².